The van der Waals surface area contributed by atoms with Crippen LogP contribution >= 0.6 is 11.3 Å². The second-order valence-corrected chi connectivity index (χ2v) is 17.9. The number of benzene rings is 10. The van der Waals surface area contributed by atoms with Gasteiger partial charge < -0.3 is 14.2 Å². The highest BCUT2D eigenvalue weighted by Crippen LogP contribution is 2.61. The molecule has 2 aromatic heterocycles. The number of para-hydroxylation sites is 3. The summed E-state index contributed by atoms with van der Waals surface area (Å²) in [4.78, 5) is 2.42. The van der Waals surface area contributed by atoms with Crippen LogP contribution in [0.2, 0.25) is 0 Å². The van der Waals surface area contributed by atoms with E-state index >= 15 is 0 Å². The third kappa shape index (κ3) is 4.79. The van der Waals surface area contributed by atoms with Crippen LogP contribution in [0.15, 0.2) is 218 Å². The normalized spacial score (nSPS) is 14.9. The molecule has 0 fully saturated rings. The van der Waals surface area contributed by atoms with Gasteiger partial charge in [-0.05, 0) is 106 Å². The summed E-state index contributed by atoms with van der Waals surface area (Å²) in [6.45, 7) is 0. The minimum Gasteiger partial charge on any atom is -0.457 e. The summed E-state index contributed by atoms with van der Waals surface area (Å²) in [5, 5.41) is 7.49. The fourth-order valence-corrected chi connectivity index (χ4v) is 12.2. The number of fused-ring (bicyclic) bond motifs is 14. The zero-order valence-corrected chi connectivity index (χ0v) is 34.8. The molecule has 0 bridgehead atoms. The fourth-order valence-electron chi connectivity index (χ4n) is 11.1. The molecule has 1 aliphatic carbocycles. The first-order valence-corrected chi connectivity index (χ1v) is 22.4. The number of thiophene rings is 1. The monoisotopic (exact) mass is 820 g/mol. The van der Waals surface area contributed by atoms with Gasteiger partial charge in [-0.3, -0.25) is 0 Å². The maximum absolute atomic E-state index is 7.13. The van der Waals surface area contributed by atoms with Gasteiger partial charge in [0.15, 0.2) is 0 Å². The van der Waals surface area contributed by atoms with Crippen LogP contribution in [0, 0.1) is 0 Å². The highest BCUT2D eigenvalue weighted by Gasteiger charge is 2.49. The Morgan fingerprint density at radius 2 is 1.02 bits per heavy atom. The highest BCUT2D eigenvalue weighted by molar-refractivity contribution is 7.25. The van der Waals surface area contributed by atoms with Crippen molar-refractivity contribution in [1.29, 1.82) is 0 Å². The predicted octanol–water partition coefficient (Wildman–Crippen LogP) is 16.2. The summed E-state index contributed by atoms with van der Waals surface area (Å²) in [6.07, 6.45) is 0. The minimum absolute atomic E-state index is 0.606. The molecule has 1 spiro atoms. The van der Waals surface area contributed by atoms with E-state index in [2.05, 4.69) is 228 Å². The molecule has 0 amide bonds. The average Bonchev–Trinajstić information content (AvgIpc) is 3.88. The van der Waals surface area contributed by atoms with Gasteiger partial charge in [0.1, 0.15) is 11.5 Å². The molecule has 10 aromatic carbocycles. The number of hydrogen-bond acceptors (Lipinski definition) is 3. The molecule has 0 N–H and O–H groups in total. The Labute approximate surface area is 367 Å². The number of anilines is 3. The van der Waals surface area contributed by atoms with Crippen molar-refractivity contribution in [3.05, 3.63) is 241 Å². The van der Waals surface area contributed by atoms with E-state index in [1.54, 1.807) is 0 Å². The third-order valence-electron chi connectivity index (χ3n) is 13.6. The van der Waals surface area contributed by atoms with Crippen molar-refractivity contribution in [1.82, 2.24) is 4.57 Å². The van der Waals surface area contributed by atoms with Gasteiger partial charge in [-0.15, -0.1) is 11.3 Å². The minimum atomic E-state index is -0.606. The van der Waals surface area contributed by atoms with E-state index < -0.39 is 5.41 Å². The van der Waals surface area contributed by atoms with Crippen LogP contribution in [0.1, 0.15) is 22.3 Å². The summed E-state index contributed by atoms with van der Waals surface area (Å²) in [5.74, 6) is 1.73. The van der Waals surface area contributed by atoms with Crippen molar-refractivity contribution >= 4 is 81.1 Å². The van der Waals surface area contributed by atoms with Gasteiger partial charge in [-0.25, -0.2) is 0 Å². The van der Waals surface area contributed by atoms with E-state index in [0.717, 1.165) is 45.4 Å². The van der Waals surface area contributed by atoms with Gasteiger partial charge in [0.05, 0.1) is 16.4 Å². The summed E-state index contributed by atoms with van der Waals surface area (Å²) in [7, 11) is 0. The van der Waals surface area contributed by atoms with E-state index in [9.17, 15) is 0 Å². The van der Waals surface area contributed by atoms with Crippen molar-refractivity contribution in [2.24, 2.45) is 0 Å². The molecule has 0 saturated heterocycles. The zero-order valence-electron chi connectivity index (χ0n) is 34.0. The second-order valence-electron chi connectivity index (χ2n) is 16.8. The Balaban J connectivity index is 1.04. The molecule has 2 aliphatic rings. The number of hydrogen-bond donors (Lipinski definition) is 0. The summed E-state index contributed by atoms with van der Waals surface area (Å²) in [5.41, 5.74) is 13.5. The van der Waals surface area contributed by atoms with Crippen LogP contribution in [0.3, 0.4) is 0 Å². The maximum Gasteiger partial charge on any atom is 0.134 e. The molecule has 0 saturated carbocycles. The molecule has 1 unspecified atom stereocenters. The maximum atomic E-state index is 7.13. The topological polar surface area (TPSA) is 17.4 Å². The van der Waals surface area contributed by atoms with Crippen LogP contribution in [-0.4, -0.2) is 4.57 Å². The third-order valence-corrected chi connectivity index (χ3v) is 14.8. The molecule has 63 heavy (non-hydrogen) atoms. The molecule has 294 valence electrons. The Hall–Kier alpha value is -7.92. The first-order valence-electron chi connectivity index (χ1n) is 21.6. The van der Waals surface area contributed by atoms with Gasteiger partial charge in [0.2, 0.25) is 0 Å². The Bertz CT molecular complexity index is 3860. The van der Waals surface area contributed by atoms with E-state index in [0.29, 0.717) is 0 Å². The molecule has 1 atom stereocenters. The predicted molar refractivity (Wildman–Crippen MR) is 263 cm³/mol. The van der Waals surface area contributed by atoms with Gasteiger partial charge in [0.25, 0.3) is 0 Å². The fraction of sp³-hybridized carbons (Fsp3) is 0.0169. The molecular weight excluding hydrogens is 785 g/mol. The van der Waals surface area contributed by atoms with Crippen molar-refractivity contribution < 1.29 is 4.74 Å². The smallest absolute Gasteiger partial charge is 0.134 e. The Morgan fingerprint density at radius 3 is 1.92 bits per heavy atom. The first kappa shape index (κ1) is 34.8. The first-order chi connectivity index (χ1) is 31.2. The van der Waals surface area contributed by atoms with Crippen molar-refractivity contribution in [3.63, 3.8) is 0 Å². The van der Waals surface area contributed by atoms with Crippen LogP contribution in [0.25, 0.3) is 69.6 Å². The van der Waals surface area contributed by atoms with Gasteiger partial charge >= 0.3 is 0 Å². The molecule has 4 heteroatoms. The highest BCUT2D eigenvalue weighted by atomic mass is 32.1. The molecule has 3 heterocycles. The largest absolute Gasteiger partial charge is 0.457 e. The van der Waals surface area contributed by atoms with Crippen LogP contribution < -0.4 is 9.64 Å². The Kier molecular flexibility index (Phi) is 7.20. The van der Waals surface area contributed by atoms with Crippen molar-refractivity contribution in [2.75, 3.05) is 4.90 Å². The number of aromatic nitrogens is 1. The van der Waals surface area contributed by atoms with E-state index in [1.807, 2.05) is 11.3 Å². The zero-order chi connectivity index (χ0) is 41.2. The lowest BCUT2D eigenvalue weighted by Gasteiger charge is -2.45. The average molecular weight is 821 g/mol. The Morgan fingerprint density at radius 1 is 0.397 bits per heavy atom. The quantitative estimate of drug-likeness (QED) is 0.176. The lowest BCUT2D eigenvalue weighted by molar-refractivity contribution is 0.435. The van der Waals surface area contributed by atoms with Gasteiger partial charge in [-0.2, -0.15) is 0 Å². The molecule has 12 aromatic rings. The van der Waals surface area contributed by atoms with E-state index in [-0.39, 0.29) is 0 Å². The lowest BCUT2D eigenvalue weighted by atomic mass is 9.58. The number of ether oxygens (including phenoxy) is 1. The van der Waals surface area contributed by atoms with Crippen molar-refractivity contribution in [3.8, 4) is 28.3 Å². The molecular formula is C59H36N2OS. The van der Waals surface area contributed by atoms with Crippen LogP contribution in [0.5, 0.6) is 11.5 Å². The summed E-state index contributed by atoms with van der Waals surface area (Å²) in [6, 6.07) is 80.2. The standard InChI is InChI=1S/C59H36N2OS/c1-2-16-38(17-3-1)61-52-25-9-5-19-43(52)46-34-39(29-32-53(46)61)60(40-30-33-57-47(35-40)44-20-6-11-27-56(44)63-57)41-28-31-50-55(36-41)62-54-26-10-8-23-49(54)59(50)48-22-7-4-18-42(48)45-21-12-14-37-15-13-24-51(59)58(37)45/h1-36H. The number of rotatable bonds is 4. The molecule has 3 nitrogen and oxygen atoms in total. The summed E-state index contributed by atoms with van der Waals surface area (Å²) < 4.78 is 12.1. The van der Waals surface area contributed by atoms with Gasteiger partial charge in [-0.1, -0.05) is 140 Å². The van der Waals surface area contributed by atoms with Gasteiger partial charge in [0, 0.05) is 70.9 Å². The molecule has 14 rings (SSSR count). The summed E-state index contributed by atoms with van der Waals surface area (Å²) >= 11 is 1.85. The van der Waals surface area contributed by atoms with E-state index in [4.69, 9.17) is 4.74 Å². The second kappa shape index (κ2) is 13.0. The van der Waals surface area contributed by atoms with Crippen LogP contribution in [-0.2, 0) is 5.41 Å². The van der Waals surface area contributed by atoms with Crippen LogP contribution in [0.4, 0.5) is 17.1 Å². The van der Waals surface area contributed by atoms with E-state index in [1.165, 1.54) is 75.0 Å². The molecule has 1 aliphatic heterocycles. The molecule has 0 radical (unpaired) electrons. The number of nitrogens with zero attached hydrogens (tertiary/aromatic N) is 2. The lowest BCUT2D eigenvalue weighted by Crippen LogP contribution is -2.36. The SMILES string of the molecule is c1ccc(-n2c3ccccc3c3cc(N(c4ccc5c(c4)Oc4ccccc4C54c5ccccc5-c5cccc6cccc4c56)c4ccc5sc6ccccc6c5c4)ccc32)cc1. The van der Waals surface area contributed by atoms with Crippen molar-refractivity contribution in [2.45, 2.75) is 5.41 Å².